The smallest absolute Gasteiger partial charge is 0.253 e. The number of benzene rings is 1. The van der Waals surface area contributed by atoms with Gasteiger partial charge in [-0.15, -0.1) is 0 Å². The highest BCUT2D eigenvalue weighted by Crippen LogP contribution is 2.24. The monoisotopic (exact) mass is 430 g/mol. The average molecular weight is 430 g/mol. The van der Waals surface area contributed by atoms with Crippen LogP contribution in [0.4, 0.5) is 0 Å². The van der Waals surface area contributed by atoms with Crippen LogP contribution in [0.1, 0.15) is 16.8 Å². The van der Waals surface area contributed by atoms with Crippen LogP contribution in [0.25, 0.3) is 16.8 Å². The Labute approximate surface area is 184 Å². The number of aryl methyl sites for hydroxylation is 1. The number of ether oxygens (including phenoxy) is 1. The summed E-state index contributed by atoms with van der Waals surface area (Å²) in [4.78, 5) is 22.1. The summed E-state index contributed by atoms with van der Waals surface area (Å²) in [6.45, 7) is 0.697. The second kappa shape index (κ2) is 8.54. The van der Waals surface area contributed by atoms with Crippen LogP contribution in [-0.2, 0) is 11.9 Å². The maximum absolute atomic E-state index is 12.4. The first-order chi connectivity index (χ1) is 15.6. The number of imidazole rings is 1. The Kier molecular flexibility index (Phi) is 5.29. The van der Waals surface area contributed by atoms with E-state index in [1.807, 2.05) is 54.2 Å². The van der Waals surface area contributed by atoms with Gasteiger partial charge in [-0.1, -0.05) is 17.3 Å². The molecule has 0 saturated carbocycles. The molecule has 1 aliphatic heterocycles. The number of hydrogen-bond donors (Lipinski definition) is 1. The first kappa shape index (κ1) is 19.8. The number of hydrogen-bond acceptors (Lipinski definition) is 6. The highest BCUT2D eigenvalue weighted by atomic mass is 16.7. The van der Waals surface area contributed by atoms with Crippen molar-refractivity contribution in [1.29, 1.82) is 0 Å². The Balaban J connectivity index is 1.10. The molecule has 162 valence electrons. The van der Waals surface area contributed by atoms with Crippen molar-refractivity contribution in [2.24, 2.45) is 12.2 Å². The molecule has 1 atom stereocenters. The van der Waals surface area contributed by atoms with Gasteiger partial charge in [0.15, 0.2) is 6.10 Å². The molecule has 1 aliphatic rings. The van der Waals surface area contributed by atoms with Gasteiger partial charge in [-0.25, -0.2) is 4.98 Å². The van der Waals surface area contributed by atoms with E-state index < -0.39 is 0 Å². The van der Waals surface area contributed by atoms with Gasteiger partial charge in [-0.05, 0) is 29.8 Å². The van der Waals surface area contributed by atoms with Gasteiger partial charge in [0.05, 0.1) is 24.0 Å². The molecule has 5 rings (SSSR count). The van der Waals surface area contributed by atoms with E-state index in [1.54, 1.807) is 29.3 Å². The molecule has 0 bridgehead atoms. The number of rotatable bonds is 7. The predicted octanol–water partition coefficient (Wildman–Crippen LogP) is 2.69. The van der Waals surface area contributed by atoms with Crippen LogP contribution in [0.2, 0.25) is 0 Å². The number of pyridine rings is 1. The topological polar surface area (TPSA) is 95.0 Å². The molecule has 1 N–H and O–H groups in total. The molecule has 4 heterocycles. The van der Waals surface area contributed by atoms with Crippen LogP contribution in [0.3, 0.4) is 0 Å². The van der Waals surface area contributed by atoms with Crippen LogP contribution < -0.4 is 10.1 Å². The summed E-state index contributed by atoms with van der Waals surface area (Å²) in [6.07, 6.45) is 9.44. The fourth-order valence-corrected chi connectivity index (χ4v) is 3.54. The Bertz CT molecular complexity index is 1290. The van der Waals surface area contributed by atoms with E-state index in [-0.39, 0.29) is 12.0 Å². The second-order valence-corrected chi connectivity index (χ2v) is 7.62. The second-order valence-electron chi connectivity index (χ2n) is 7.62. The molecule has 9 heteroatoms. The van der Waals surface area contributed by atoms with Crippen LogP contribution in [0, 0.1) is 0 Å². The van der Waals surface area contributed by atoms with Crippen LogP contribution in [0.15, 0.2) is 72.5 Å². The van der Waals surface area contributed by atoms with Crippen molar-refractivity contribution in [3.05, 3.63) is 72.9 Å². The molecule has 0 aliphatic carbocycles. The Morgan fingerprint density at radius 1 is 1.25 bits per heavy atom. The molecule has 4 aromatic rings. The van der Waals surface area contributed by atoms with Gasteiger partial charge in [0.1, 0.15) is 18.0 Å². The Morgan fingerprint density at radius 2 is 2.19 bits per heavy atom. The molecular weight excluding hydrogens is 408 g/mol. The molecule has 32 heavy (non-hydrogen) atoms. The molecule has 0 saturated heterocycles. The third-order valence-electron chi connectivity index (χ3n) is 5.21. The lowest BCUT2D eigenvalue weighted by Gasteiger charge is -2.11. The summed E-state index contributed by atoms with van der Waals surface area (Å²) >= 11 is 0. The zero-order valence-electron chi connectivity index (χ0n) is 17.5. The summed E-state index contributed by atoms with van der Waals surface area (Å²) < 4.78 is 9.49. The van der Waals surface area contributed by atoms with E-state index in [4.69, 9.17) is 9.57 Å². The highest BCUT2D eigenvalue weighted by molar-refractivity contribution is 5.98. The standard InChI is InChI=1S/C23H22N6O3/c1-28-13-18(11-26-28)16-3-2-4-20(9-16)31-15-21-10-19(27-32-21)12-25-23(30)17-5-6-22-24-7-8-29(22)14-17/h2-9,11,13-14,21H,10,12,15H2,1H3,(H,25,30). The molecule has 1 aromatic carbocycles. The van der Waals surface area contributed by atoms with Gasteiger partial charge in [-0.2, -0.15) is 5.10 Å². The number of nitrogens with zero attached hydrogens (tertiary/aromatic N) is 5. The average Bonchev–Trinajstić information content (AvgIpc) is 3.56. The van der Waals surface area contributed by atoms with Crippen LogP contribution >= 0.6 is 0 Å². The SMILES string of the molecule is Cn1cc(-c2cccc(OCC3CC(CNC(=O)c4ccc5nccn5c4)=NO3)c2)cn1. The van der Waals surface area contributed by atoms with Crippen LogP contribution in [0.5, 0.6) is 5.75 Å². The largest absolute Gasteiger partial charge is 0.490 e. The fraction of sp³-hybridized carbons (Fsp3) is 0.217. The van der Waals surface area contributed by atoms with Gasteiger partial charge in [0, 0.05) is 43.8 Å². The summed E-state index contributed by atoms with van der Waals surface area (Å²) in [5.74, 6) is 0.585. The number of carbonyl (C=O) groups is 1. The van der Waals surface area contributed by atoms with E-state index in [9.17, 15) is 4.79 Å². The van der Waals surface area contributed by atoms with Crippen molar-refractivity contribution in [2.75, 3.05) is 13.2 Å². The zero-order chi connectivity index (χ0) is 21.9. The lowest BCUT2D eigenvalue weighted by Crippen LogP contribution is -2.30. The normalized spacial score (nSPS) is 15.4. The minimum atomic E-state index is -0.189. The quantitative estimate of drug-likeness (QED) is 0.486. The molecule has 1 unspecified atom stereocenters. The lowest BCUT2D eigenvalue weighted by molar-refractivity contribution is 0.0471. The number of oxime groups is 1. The maximum atomic E-state index is 12.4. The molecule has 0 spiro atoms. The van der Waals surface area contributed by atoms with Crippen molar-refractivity contribution >= 4 is 17.3 Å². The van der Waals surface area contributed by atoms with Crippen molar-refractivity contribution < 1.29 is 14.4 Å². The fourth-order valence-electron chi connectivity index (χ4n) is 3.54. The number of nitrogens with one attached hydrogen (secondary N) is 1. The van der Waals surface area contributed by atoms with Crippen molar-refractivity contribution in [2.45, 2.75) is 12.5 Å². The molecule has 9 nitrogen and oxygen atoms in total. The highest BCUT2D eigenvalue weighted by Gasteiger charge is 2.22. The third-order valence-corrected chi connectivity index (χ3v) is 5.21. The number of amides is 1. The molecule has 0 fully saturated rings. The summed E-state index contributed by atoms with van der Waals surface area (Å²) in [5.41, 5.74) is 4.20. The van der Waals surface area contributed by atoms with E-state index >= 15 is 0 Å². The van der Waals surface area contributed by atoms with Gasteiger partial charge < -0.3 is 19.3 Å². The van der Waals surface area contributed by atoms with E-state index in [0.717, 1.165) is 28.2 Å². The summed E-state index contributed by atoms with van der Waals surface area (Å²) in [6, 6.07) is 11.4. The van der Waals surface area contributed by atoms with E-state index in [1.165, 1.54) is 0 Å². The van der Waals surface area contributed by atoms with E-state index in [2.05, 4.69) is 20.6 Å². The van der Waals surface area contributed by atoms with Crippen molar-refractivity contribution in [3.63, 3.8) is 0 Å². The third kappa shape index (κ3) is 4.31. The minimum Gasteiger partial charge on any atom is -0.490 e. The van der Waals surface area contributed by atoms with E-state index in [0.29, 0.717) is 25.1 Å². The first-order valence-corrected chi connectivity index (χ1v) is 10.3. The summed E-state index contributed by atoms with van der Waals surface area (Å²) in [7, 11) is 1.89. The summed E-state index contributed by atoms with van der Waals surface area (Å²) in [5, 5.41) is 11.2. The van der Waals surface area contributed by atoms with Gasteiger partial charge in [0.2, 0.25) is 0 Å². The number of fused-ring (bicyclic) bond motifs is 1. The van der Waals surface area contributed by atoms with Crippen molar-refractivity contribution in [3.8, 4) is 16.9 Å². The van der Waals surface area contributed by atoms with Crippen molar-refractivity contribution in [1.82, 2.24) is 24.5 Å². The van der Waals surface area contributed by atoms with Gasteiger partial charge in [0.25, 0.3) is 5.91 Å². The Morgan fingerprint density at radius 3 is 3.06 bits per heavy atom. The molecule has 1 amide bonds. The molecular formula is C23H22N6O3. The predicted molar refractivity (Wildman–Crippen MR) is 119 cm³/mol. The Hall–Kier alpha value is -4.14. The lowest BCUT2D eigenvalue weighted by atomic mass is 10.1. The molecule has 3 aromatic heterocycles. The maximum Gasteiger partial charge on any atom is 0.253 e. The van der Waals surface area contributed by atoms with Crippen LogP contribution in [-0.4, -0.2) is 50.0 Å². The van der Waals surface area contributed by atoms with Gasteiger partial charge >= 0.3 is 0 Å². The molecule has 0 radical (unpaired) electrons. The number of aromatic nitrogens is 4. The zero-order valence-corrected chi connectivity index (χ0v) is 17.5. The first-order valence-electron chi connectivity index (χ1n) is 10.3. The minimum absolute atomic E-state index is 0.171. The van der Waals surface area contributed by atoms with Gasteiger partial charge in [-0.3, -0.25) is 9.48 Å². The number of carbonyl (C=O) groups excluding carboxylic acids is 1.